The highest BCUT2D eigenvalue weighted by Crippen LogP contribution is 2.37. The van der Waals surface area contributed by atoms with Crippen LogP contribution < -0.4 is 10.2 Å². The van der Waals surface area contributed by atoms with Gasteiger partial charge in [-0.2, -0.15) is 0 Å². The number of amides is 3. The predicted octanol–water partition coefficient (Wildman–Crippen LogP) is 4.42. The first kappa shape index (κ1) is 23.0. The average molecular weight is 474 g/mol. The minimum atomic E-state index is -0.821. The number of halogens is 1. The maximum atomic E-state index is 14.5. The fraction of sp³-hybridized carbons (Fsp3) is 0.321. The topological polar surface area (TPSA) is 69.7 Å². The van der Waals surface area contributed by atoms with Crippen LogP contribution in [0.2, 0.25) is 0 Å². The summed E-state index contributed by atoms with van der Waals surface area (Å²) in [4.78, 5) is 42.7. The molecular formula is C28H28FN3O3. The molecule has 1 heterocycles. The summed E-state index contributed by atoms with van der Waals surface area (Å²) in [6.45, 7) is 1.36. The molecule has 3 amide bonds. The monoisotopic (exact) mass is 473 g/mol. The fourth-order valence-corrected chi connectivity index (χ4v) is 5.15. The number of nitrogens with zero attached hydrogens (tertiary/aromatic N) is 2. The Morgan fingerprint density at radius 2 is 1.77 bits per heavy atom. The highest BCUT2D eigenvalue weighted by Gasteiger charge is 2.35. The zero-order valence-corrected chi connectivity index (χ0v) is 19.7. The molecule has 1 saturated carbocycles. The van der Waals surface area contributed by atoms with E-state index in [1.807, 2.05) is 30.3 Å². The molecule has 1 aliphatic carbocycles. The number of rotatable bonds is 7. The van der Waals surface area contributed by atoms with Crippen molar-refractivity contribution in [2.45, 2.75) is 51.2 Å². The van der Waals surface area contributed by atoms with Crippen molar-refractivity contribution in [3.8, 4) is 0 Å². The Kier molecular flexibility index (Phi) is 6.24. The van der Waals surface area contributed by atoms with Crippen molar-refractivity contribution in [1.29, 1.82) is 0 Å². The van der Waals surface area contributed by atoms with Crippen molar-refractivity contribution in [2.24, 2.45) is 0 Å². The molecule has 0 bridgehead atoms. The number of hydrogen-bond acceptors (Lipinski definition) is 3. The van der Waals surface area contributed by atoms with E-state index in [1.165, 1.54) is 15.9 Å². The van der Waals surface area contributed by atoms with Crippen molar-refractivity contribution in [1.82, 2.24) is 10.2 Å². The third-order valence-electron chi connectivity index (χ3n) is 7.11. The number of anilines is 1. The average Bonchev–Trinajstić information content (AvgIpc) is 3.47. The van der Waals surface area contributed by atoms with Crippen molar-refractivity contribution in [3.63, 3.8) is 0 Å². The van der Waals surface area contributed by atoms with Crippen LogP contribution in [-0.2, 0) is 16.1 Å². The van der Waals surface area contributed by atoms with Crippen molar-refractivity contribution >= 4 is 34.2 Å². The first-order valence-corrected chi connectivity index (χ1v) is 12.1. The van der Waals surface area contributed by atoms with Crippen LogP contribution in [0.3, 0.4) is 0 Å². The van der Waals surface area contributed by atoms with Crippen LogP contribution >= 0.6 is 0 Å². The Morgan fingerprint density at radius 1 is 1.06 bits per heavy atom. The highest BCUT2D eigenvalue weighted by atomic mass is 19.1. The molecule has 0 saturated heterocycles. The lowest BCUT2D eigenvalue weighted by molar-refractivity contribution is -0.139. The zero-order valence-electron chi connectivity index (χ0n) is 19.7. The summed E-state index contributed by atoms with van der Waals surface area (Å²) in [5.74, 6) is -1.37. The summed E-state index contributed by atoms with van der Waals surface area (Å²) < 4.78 is 14.5. The van der Waals surface area contributed by atoms with Crippen LogP contribution in [0.15, 0.2) is 60.7 Å². The minimum absolute atomic E-state index is 0.0655. The van der Waals surface area contributed by atoms with Crippen LogP contribution in [0.1, 0.15) is 48.5 Å². The van der Waals surface area contributed by atoms with Crippen LogP contribution in [0, 0.1) is 5.82 Å². The van der Waals surface area contributed by atoms with Crippen molar-refractivity contribution < 1.29 is 18.8 Å². The molecule has 0 radical (unpaired) electrons. The molecule has 0 spiro atoms. The molecule has 5 rings (SSSR count). The summed E-state index contributed by atoms with van der Waals surface area (Å²) in [6, 6.07) is 16.6. The number of carbonyl (C=O) groups excluding carboxylic acids is 3. The molecule has 3 aromatic rings. The largest absolute Gasteiger partial charge is 0.352 e. The quantitative estimate of drug-likeness (QED) is 0.553. The summed E-state index contributed by atoms with van der Waals surface area (Å²) in [5.41, 5.74) is 1.54. The molecule has 0 unspecified atom stereocenters. The molecule has 35 heavy (non-hydrogen) atoms. The van der Waals surface area contributed by atoms with Gasteiger partial charge in [0.05, 0.1) is 5.69 Å². The van der Waals surface area contributed by atoms with Gasteiger partial charge in [-0.3, -0.25) is 19.3 Å². The lowest BCUT2D eigenvalue weighted by Crippen LogP contribution is -2.52. The van der Waals surface area contributed by atoms with Gasteiger partial charge in [-0.15, -0.1) is 0 Å². The van der Waals surface area contributed by atoms with E-state index in [9.17, 15) is 18.8 Å². The number of carbonyl (C=O) groups is 3. The van der Waals surface area contributed by atoms with Gasteiger partial charge in [0, 0.05) is 29.1 Å². The van der Waals surface area contributed by atoms with E-state index in [2.05, 4.69) is 5.32 Å². The van der Waals surface area contributed by atoms with Crippen LogP contribution in [-0.4, -0.2) is 41.2 Å². The smallest absolute Gasteiger partial charge is 0.259 e. The lowest BCUT2D eigenvalue weighted by atomic mass is 10.1. The molecule has 2 aliphatic rings. The molecule has 1 aliphatic heterocycles. The molecule has 0 aromatic heterocycles. The minimum Gasteiger partial charge on any atom is -0.352 e. The Hall–Kier alpha value is -3.74. The first-order chi connectivity index (χ1) is 16.9. The van der Waals surface area contributed by atoms with Gasteiger partial charge in [-0.25, -0.2) is 4.39 Å². The van der Waals surface area contributed by atoms with Gasteiger partial charge in [0.25, 0.3) is 5.91 Å². The summed E-state index contributed by atoms with van der Waals surface area (Å²) in [5, 5.41) is 4.79. The molecule has 180 valence electrons. The lowest BCUT2D eigenvalue weighted by Gasteiger charge is -2.31. The van der Waals surface area contributed by atoms with Gasteiger partial charge in [0.15, 0.2) is 0 Å². The fourth-order valence-electron chi connectivity index (χ4n) is 5.15. The molecule has 1 fully saturated rings. The molecule has 1 N–H and O–H groups in total. The van der Waals surface area contributed by atoms with E-state index < -0.39 is 17.8 Å². The number of benzene rings is 3. The Balaban J connectivity index is 1.41. The van der Waals surface area contributed by atoms with Crippen LogP contribution in [0.25, 0.3) is 10.8 Å². The van der Waals surface area contributed by atoms with Gasteiger partial charge in [0.1, 0.15) is 18.4 Å². The number of hydrogen-bond donors (Lipinski definition) is 1. The highest BCUT2D eigenvalue weighted by molar-refractivity contribution is 6.26. The maximum Gasteiger partial charge on any atom is 0.259 e. The Morgan fingerprint density at radius 3 is 2.51 bits per heavy atom. The van der Waals surface area contributed by atoms with Gasteiger partial charge in [-0.1, -0.05) is 55.3 Å². The Labute approximate surface area is 203 Å². The summed E-state index contributed by atoms with van der Waals surface area (Å²) in [7, 11) is 0. The standard InChI is InChI=1S/C28H28FN3O3/c1-18(27(34)30-21-11-3-4-12-21)31(16-20-8-2-5-14-23(20)29)25(33)17-32-24-15-7-10-19-9-6-13-22(26(19)24)28(32)35/h2,5-10,13-15,18,21H,3-4,11-12,16-17H2,1H3,(H,30,34)/t18-/m0/s1. The van der Waals surface area contributed by atoms with E-state index in [1.54, 1.807) is 31.2 Å². The van der Waals surface area contributed by atoms with E-state index in [-0.39, 0.29) is 30.9 Å². The van der Waals surface area contributed by atoms with Crippen molar-refractivity contribution in [2.75, 3.05) is 11.4 Å². The second-order valence-corrected chi connectivity index (χ2v) is 9.35. The first-order valence-electron chi connectivity index (χ1n) is 12.1. The Bertz CT molecular complexity index is 1300. The second kappa shape index (κ2) is 9.49. The maximum absolute atomic E-state index is 14.5. The molecular weight excluding hydrogens is 445 g/mol. The predicted molar refractivity (Wildman–Crippen MR) is 132 cm³/mol. The summed E-state index contributed by atoms with van der Waals surface area (Å²) >= 11 is 0. The van der Waals surface area contributed by atoms with Crippen molar-refractivity contribution in [3.05, 3.63) is 77.6 Å². The summed E-state index contributed by atoms with van der Waals surface area (Å²) in [6.07, 6.45) is 3.98. The van der Waals surface area contributed by atoms with Crippen LogP contribution in [0.5, 0.6) is 0 Å². The molecule has 3 aromatic carbocycles. The zero-order chi connectivity index (χ0) is 24.5. The molecule has 1 atom stereocenters. The van der Waals surface area contributed by atoms with Crippen LogP contribution in [0.4, 0.5) is 10.1 Å². The van der Waals surface area contributed by atoms with Gasteiger partial charge in [-0.05, 0) is 43.4 Å². The van der Waals surface area contributed by atoms with E-state index in [4.69, 9.17) is 0 Å². The number of nitrogens with one attached hydrogen (secondary N) is 1. The van der Waals surface area contributed by atoms with Gasteiger partial charge in [0.2, 0.25) is 11.8 Å². The third-order valence-corrected chi connectivity index (χ3v) is 7.11. The van der Waals surface area contributed by atoms with Gasteiger partial charge >= 0.3 is 0 Å². The van der Waals surface area contributed by atoms with E-state index in [0.717, 1.165) is 36.5 Å². The second-order valence-electron chi connectivity index (χ2n) is 9.35. The molecule has 6 nitrogen and oxygen atoms in total. The normalized spacial score (nSPS) is 16.1. The SMILES string of the molecule is C[C@@H](C(=O)NC1CCCC1)N(Cc1ccccc1F)C(=O)CN1C(=O)c2cccc3cccc1c23. The third kappa shape index (κ3) is 4.38. The van der Waals surface area contributed by atoms with Gasteiger partial charge < -0.3 is 10.2 Å². The van der Waals surface area contributed by atoms with E-state index >= 15 is 0 Å². The molecule has 7 heteroatoms. The van der Waals surface area contributed by atoms with E-state index in [0.29, 0.717) is 16.8 Å².